The van der Waals surface area contributed by atoms with Gasteiger partial charge in [0.1, 0.15) is 0 Å². The third kappa shape index (κ3) is 3.60. The monoisotopic (exact) mass is 343 g/mol. The van der Waals surface area contributed by atoms with Gasteiger partial charge in [-0.15, -0.1) is 0 Å². The summed E-state index contributed by atoms with van der Waals surface area (Å²) in [4.78, 5) is 14.4. The first-order valence-corrected chi connectivity index (χ1v) is 8.68. The molecule has 1 aromatic carbocycles. The number of carbonyl (C=O) groups is 1. The van der Waals surface area contributed by atoms with Crippen molar-refractivity contribution in [2.75, 3.05) is 19.7 Å². The lowest BCUT2D eigenvalue weighted by molar-refractivity contribution is -0.135. The van der Waals surface area contributed by atoms with Crippen molar-refractivity contribution in [3.63, 3.8) is 0 Å². The van der Waals surface area contributed by atoms with E-state index in [2.05, 4.69) is 5.10 Å². The number of rotatable bonds is 4. The van der Waals surface area contributed by atoms with Crippen LogP contribution >= 0.6 is 0 Å². The van der Waals surface area contributed by atoms with Crippen molar-refractivity contribution in [2.45, 2.75) is 32.8 Å². The Morgan fingerprint density at radius 2 is 2.00 bits per heavy atom. The highest BCUT2D eigenvalue weighted by Crippen LogP contribution is 2.21. The molecule has 1 aliphatic heterocycles. The minimum atomic E-state index is -0.656. The highest BCUT2D eigenvalue weighted by Gasteiger charge is 2.30. The van der Waals surface area contributed by atoms with Gasteiger partial charge in [-0.25, -0.2) is 4.68 Å². The Hall–Kier alpha value is -2.18. The van der Waals surface area contributed by atoms with Crippen LogP contribution in [0.5, 0.6) is 0 Å². The molecule has 134 valence electrons. The first-order valence-electron chi connectivity index (χ1n) is 8.68. The zero-order chi connectivity index (χ0) is 18.0. The SMILES string of the molecule is Cc1nn(-c2ccccc2)c(C)c1CC(=O)N1CC[C@@H](CO)[C@H](O)C1. The predicted molar refractivity (Wildman–Crippen MR) is 94.5 cm³/mol. The predicted octanol–water partition coefficient (Wildman–Crippen LogP) is 1.23. The van der Waals surface area contributed by atoms with Crippen LogP contribution in [-0.2, 0) is 11.2 Å². The molecule has 0 spiro atoms. The molecular weight excluding hydrogens is 318 g/mol. The van der Waals surface area contributed by atoms with E-state index in [4.69, 9.17) is 0 Å². The number of aryl methyl sites for hydroxylation is 1. The molecule has 0 bridgehead atoms. The fourth-order valence-electron chi connectivity index (χ4n) is 3.43. The molecule has 2 atom stereocenters. The van der Waals surface area contributed by atoms with Gasteiger partial charge < -0.3 is 15.1 Å². The Labute approximate surface area is 147 Å². The minimum Gasteiger partial charge on any atom is -0.396 e. The first kappa shape index (κ1) is 17.6. The molecule has 0 radical (unpaired) electrons. The van der Waals surface area contributed by atoms with Gasteiger partial charge >= 0.3 is 0 Å². The molecule has 1 aliphatic rings. The van der Waals surface area contributed by atoms with Gasteiger partial charge in [0.25, 0.3) is 0 Å². The quantitative estimate of drug-likeness (QED) is 0.875. The summed E-state index contributed by atoms with van der Waals surface area (Å²) in [7, 11) is 0. The largest absolute Gasteiger partial charge is 0.396 e. The number of carbonyl (C=O) groups excluding carboxylic acids is 1. The maximum atomic E-state index is 12.7. The molecule has 1 fully saturated rings. The molecule has 2 aromatic rings. The van der Waals surface area contributed by atoms with Crippen molar-refractivity contribution in [3.8, 4) is 5.69 Å². The highest BCUT2D eigenvalue weighted by atomic mass is 16.3. The summed E-state index contributed by atoms with van der Waals surface area (Å²) in [5.41, 5.74) is 3.72. The number of benzene rings is 1. The summed E-state index contributed by atoms with van der Waals surface area (Å²) in [6.07, 6.45) is 0.253. The Bertz CT molecular complexity index is 742. The Morgan fingerprint density at radius 3 is 2.64 bits per heavy atom. The smallest absolute Gasteiger partial charge is 0.227 e. The number of piperidine rings is 1. The van der Waals surface area contributed by atoms with Crippen molar-refractivity contribution in [2.24, 2.45) is 5.92 Å². The van der Waals surface area contributed by atoms with Crippen molar-refractivity contribution in [3.05, 3.63) is 47.3 Å². The van der Waals surface area contributed by atoms with Crippen LogP contribution in [0.25, 0.3) is 5.69 Å². The van der Waals surface area contributed by atoms with E-state index in [1.165, 1.54) is 0 Å². The molecule has 1 saturated heterocycles. The van der Waals surface area contributed by atoms with Crippen molar-refractivity contribution in [1.29, 1.82) is 0 Å². The van der Waals surface area contributed by atoms with Crippen LogP contribution in [0, 0.1) is 19.8 Å². The Morgan fingerprint density at radius 1 is 1.28 bits per heavy atom. The van der Waals surface area contributed by atoms with E-state index in [0.29, 0.717) is 13.0 Å². The van der Waals surface area contributed by atoms with Crippen molar-refractivity contribution < 1.29 is 15.0 Å². The van der Waals surface area contributed by atoms with Gasteiger partial charge in [-0.3, -0.25) is 4.79 Å². The third-order valence-corrected chi connectivity index (χ3v) is 5.08. The summed E-state index contributed by atoms with van der Waals surface area (Å²) in [5.74, 6) is -0.136. The number of para-hydroxylation sites is 1. The number of likely N-dealkylation sites (tertiary alicyclic amines) is 1. The van der Waals surface area contributed by atoms with Gasteiger partial charge in [0.2, 0.25) is 5.91 Å². The average Bonchev–Trinajstić information content (AvgIpc) is 2.90. The molecule has 6 nitrogen and oxygen atoms in total. The van der Waals surface area contributed by atoms with Gasteiger partial charge in [-0.1, -0.05) is 18.2 Å². The Kier molecular flexibility index (Phi) is 5.20. The summed E-state index contributed by atoms with van der Waals surface area (Å²) in [6, 6.07) is 9.86. The van der Waals surface area contributed by atoms with Crippen LogP contribution in [0.3, 0.4) is 0 Å². The second-order valence-corrected chi connectivity index (χ2v) is 6.71. The summed E-state index contributed by atoms with van der Waals surface area (Å²) in [6.45, 7) is 4.72. The lowest BCUT2D eigenvalue weighted by Gasteiger charge is -2.35. The zero-order valence-electron chi connectivity index (χ0n) is 14.7. The average molecular weight is 343 g/mol. The number of aliphatic hydroxyl groups is 2. The molecule has 2 heterocycles. The number of amides is 1. The molecule has 1 amide bonds. The van der Waals surface area contributed by atoms with Crippen LogP contribution in [0.1, 0.15) is 23.4 Å². The van der Waals surface area contributed by atoms with E-state index in [1.807, 2.05) is 48.9 Å². The van der Waals surface area contributed by atoms with Gasteiger partial charge in [0, 0.05) is 36.9 Å². The van der Waals surface area contributed by atoms with Gasteiger partial charge in [-0.2, -0.15) is 5.10 Å². The molecule has 6 heteroatoms. The van der Waals surface area contributed by atoms with Crippen LogP contribution in [0.4, 0.5) is 0 Å². The van der Waals surface area contributed by atoms with Crippen molar-refractivity contribution >= 4 is 5.91 Å². The first-order chi connectivity index (χ1) is 12.0. The van der Waals surface area contributed by atoms with E-state index in [1.54, 1.807) is 4.90 Å². The zero-order valence-corrected chi connectivity index (χ0v) is 14.7. The van der Waals surface area contributed by atoms with E-state index in [-0.39, 0.29) is 31.4 Å². The number of β-amino-alcohol motifs (C(OH)–C–C–N with tert-alkyl or cyclic N) is 1. The van der Waals surface area contributed by atoms with E-state index < -0.39 is 6.10 Å². The number of aliphatic hydroxyl groups excluding tert-OH is 2. The lowest BCUT2D eigenvalue weighted by Crippen LogP contribution is -2.48. The number of nitrogens with zero attached hydrogens (tertiary/aromatic N) is 3. The Balaban J connectivity index is 1.75. The molecular formula is C19H25N3O3. The number of aromatic nitrogens is 2. The van der Waals surface area contributed by atoms with Crippen LogP contribution in [0.2, 0.25) is 0 Å². The molecule has 0 aliphatic carbocycles. The van der Waals surface area contributed by atoms with Crippen LogP contribution in [-0.4, -0.2) is 56.6 Å². The topological polar surface area (TPSA) is 78.6 Å². The molecule has 25 heavy (non-hydrogen) atoms. The maximum absolute atomic E-state index is 12.7. The standard InChI is InChI=1S/C19H25N3O3/c1-13-17(14(2)22(20-13)16-6-4-3-5-7-16)10-19(25)21-9-8-15(12-23)18(24)11-21/h3-7,15,18,23-24H,8-12H2,1-2H3/t15-,18+/m0/s1. The fraction of sp³-hybridized carbons (Fsp3) is 0.474. The van der Waals surface area contributed by atoms with Gasteiger partial charge in [0.05, 0.1) is 23.9 Å². The third-order valence-electron chi connectivity index (χ3n) is 5.08. The lowest BCUT2D eigenvalue weighted by atomic mass is 9.94. The van der Waals surface area contributed by atoms with Crippen LogP contribution in [0.15, 0.2) is 30.3 Å². The van der Waals surface area contributed by atoms with E-state index in [0.717, 1.165) is 22.6 Å². The number of hydrogen-bond donors (Lipinski definition) is 2. The van der Waals surface area contributed by atoms with Crippen LogP contribution < -0.4 is 0 Å². The molecule has 3 rings (SSSR count). The fourth-order valence-corrected chi connectivity index (χ4v) is 3.43. The van der Waals surface area contributed by atoms with E-state index >= 15 is 0 Å². The molecule has 1 aromatic heterocycles. The second kappa shape index (κ2) is 7.37. The molecule has 0 unspecified atom stereocenters. The van der Waals surface area contributed by atoms with Crippen molar-refractivity contribution in [1.82, 2.24) is 14.7 Å². The molecule has 0 saturated carbocycles. The summed E-state index contributed by atoms with van der Waals surface area (Å²) < 4.78 is 1.87. The number of hydrogen-bond acceptors (Lipinski definition) is 4. The summed E-state index contributed by atoms with van der Waals surface area (Å²) >= 11 is 0. The normalized spacial score (nSPS) is 20.7. The van der Waals surface area contributed by atoms with Gasteiger partial charge in [-0.05, 0) is 32.4 Å². The second-order valence-electron chi connectivity index (χ2n) is 6.71. The minimum absolute atomic E-state index is 0.00532. The highest BCUT2D eigenvalue weighted by molar-refractivity contribution is 5.79. The maximum Gasteiger partial charge on any atom is 0.227 e. The molecule has 2 N–H and O–H groups in total. The summed E-state index contributed by atoms with van der Waals surface area (Å²) in [5, 5.41) is 23.9. The van der Waals surface area contributed by atoms with Gasteiger partial charge in [0.15, 0.2) is 0 Å². The van der Waals surface area contributed by atoms with E-state index in [9.17, 15) is 15.0 Å².